The molecule has 1 aromatic carbocycles. The molecule has 1 N–H and O–H groups in total. The highest BCUT2D eigenvalue weighted by Crippen LogP contribution is 2.38. The van der Waals surface area contributed by atoms with Crippen molar-refractivity contribution in [1.29, 1.82) is 0 Å². The molecule has 0 radical (unpaired) electrons. The molecule has 0 spiro atoms. The van der Waals surface area contributed by atoms with Gasteiger partial charge in [-0.05, 0) is 25.0 Å². The van der Waals surface area contributed by atoms with Crippen molar-refractivity contribution >= 4 is 39.5 Å². The Kier molecular flexibility index (Phi) is 6.97. The number of nitrogens with zero attached hydrogens (tertiary/aromatic N) is 3. The van der Waals surface area contributed by atoms with Crippen LogP contribution in [0.25, 0.3) is 10.9 Å². The smallest absolute Gasteiger partial charge is 0.409 e. The monoisotopic (exact) mass is 535 g/mol. The van der Waals surface area contributed by atoms with Crippen LogP contribution >= 0.6 is 0 Å². The van der Waals surface area contributed by atoms with Crippen LogP contribution in [0.15, 0.2) is 23.1 Å². The number of benzene rings is 1. The van der Waals surface area contributed by atoms with Gasteiger partial charge in [-0.15, -0.1) is 0 Å². The van der Waals surface area contributed by atoms with E-state index in [0.717, 1.165) is 18.9 Å². The number of fused-ring (bicyclic) bond motifs is 1. The lowest BCUT2D eigenvalue weighted by molar-refractivity contribution is -0.0866. The molecular formula is C25H30FN3O7S. The maximum Gasteiger partial charge on any atom is 0.409 e. The molecule has 1 atom stereocenters. The van der Waals surface area contributed by atoms with Crippen molar-refractivity contribution in [1.82, 2.24) is 9.47 Å². The number of ether oxygens (including phenoxy) is 2. The van der Waals surface area contributed by atoms with Crippen LogP contribution in [-0.2, 0) is 20.3 Å². The quantitative estimate of drug-likeness (QED) is 0.547. The molecule has 12 heteroatoms. The highest BCUT2D eigenvalue weighted by atomic mass is 32.2. The first kappa shape index (κ1) is 25.7. The van der Waals surface area contributed by atoms with E-state index < -0.39 is 34.1 Å². The summed E-state index contributed by atoms with van der Waals surface area (Å²) in [6.45, 7) is 4.66. The number of carboxylic acids is 1. The van der Waals surface area contributed by atoms with Gasteiger partial charge < -0.3 is 28.9 Å². The van der Waals surface area contributed by atoms with Gasteiger partial charge in [0.2, 0.25) is 5.43 Å². The van der Waals surface area contributed by atoms with Gasteiger partial charge in [-0.2, -0.15) is 0 Å². The molecule has 1 aromatic heterocycles. The number of amides is 1. The van der Waals surface area contributed by atoms with Crippen molar-refractivity contribution in [3.8, 4) is 0 Å². The summed E-state index contributed by atoms with van der Waals surface area (Å²) in [6.07, 6.45) is 2.60. The highest BCUT2D eigenvalue weighted by molar-refractivity contribution is 7.85. The minimum atomic E-state index is -1.33. The van der Waals surface area contributed by atoms with Crippen LogP contribution in [0.3, 0.4) is 0 Å². The topological polar surface area (TPSA) is 118 Å². The fourth-order valence-electron chi connectivity index (χ4n) is 4.85. The lowest BCUT2D eigenvalue weighted by atomic mass is 9.92. The average Bonchev–Trinajstić information content (AvgIpc) is 3.68. The lowest BCUT2D eigenvalue weighted by Crippen LogP contribution is -2.49. The Morgan fingerprint density at radius 2 is 1.92 bits per heavy atom. The number of aromatic carboxylic acids is 1. The van der Waals surface area contributed by atoms with Crippen LogP contribution < -0.4 is 10.3 Å². The molecule has 2 saturated heterocycles. The zero-order valence-electron chi connectivity index (χ0n) is 20.6. The number of carbonyl (C=O) groups is 2. The SMILES string of the molecule is CC1(CS(=O)CCOC(=O)N2CCN(c3cc4c(cc3F)c(=O)c(C(=O)O)cn4C3CC3)CC2)COC1. The Hall–Kier alpha value is -2.99. The van der Waals surface area contributed by atoms with E-state index in [1.54, 1.807) is 15.5 Å². The standard InChI is InChI=1S/C25H30FN3O7S/c1-25(13-35-14-25)15-37(34)9-8-36-24(33)28-6-4-27(5-7-28)21-11-20-17(10-19(21)26)22(30)18(23(31)32)12-29(20)16-2-3-16/h10-12,16H,2-9,13-15H2,1H3,(H,31,32). The molecule has 3 heterocycles. The third kappa shape index (κ3) is 5.35. The van der Waals surface area contributed by atoms with Crippen LogP contribution in [0, 0.1) is 11.2 Å². The summed E-state index contributed by atoms with van der Waals surface area (Å²) >= 11 is 0. The number of carbonyl (C=O) groups excluding carboxylic acids is 1. The molecular weight excluding hydrogens is 505 g/mol. The van der Waals surface area contributed by atoms with Crippen LogP contribution in [0.4, 0.5) is 14.9 Å². The summed E-state index contributed by atoms with van der Waals surface area (Å²) in [5.74, 6) is -1.15. The highest BCUT2D eigenvalue weighted by Gasteiger charge is 2.35. The molecule has 1 amide bonds. The van der Waals surface area contributed by atoms with Gasteiger partial charge in [0, 0.05) is 65.8 Å². The van der Waals surface area contributed by atoms with Crippen molar-refractivity contribution in [2.45, 2.75) is 25.8 Å². The molecule has 10 nitrogen and oxygen atoms in total. The van der Waals surface area contributed by atoms with E-state index in [4.69, 9.17) is 9.47 Å². The fraction of sp³-hybridized carbons (Fsp3) is 0.560. The minimum Gasteiger partial charge on any atom is -0.477 e. The summed E-state index contributed by atoms with van der Waals surface area (Å²) in [4.78, 5) is 40.0. The van der Waals surface area contributed by atoms with Crippen molar-refractivity contribution in [3.05, 3.63) is 39.9 Å². The average molecular weight is 536 g/mol. The Morgan fingerprint density at radius 1 is 1.22 bits per heavy atom. The van der Waals surface area contributed by atoms with Crippen LogP contribution in [0.2, 0.25) is 0 Å². The van der Waals surface area contributed by atoms with Crippen molar-refractivity contribution < 1.29 is 32.8 Å². The molecule has 1 unspecified atom stereocenters. The first-order valence-corrected chi connectivity index (χ1v) is 13.8. The second-order valence-corrected chi connectivity index (χ2v) is 11.9. The minimum absolute atomic E-state index is 0.0477. The molecule has 2 aliphatic heterocycles. The van der Waals surface area contributed by atoms with Crippen LogP contribution in [0.1, 0.15) is 36.2 Å². The van der Waals surface area contributed by atoms with Gasteiger partial charge in [0.1, 0.15) is 18.0 Å². The summed E-state index contributed by atoms with van der Waals surface area (Å²) < 4.78 is 39.6. The van der Waals surface area contributed by atoms with E-state index in [2.05, 4.69) is 0 Å². The van der Waals surface area contributed by atoms with Gasteiger partial charge in [0.25, 0.3) is 0 Å². The molecule has 3 aliphatic rings. The molecule has 2 aromatic rings. The van der Waals surface area contributed by atoms with Gasteiger partial charge in [0.15, 0.2) is 0 Å². The van der Waals surface area contributed by atoms with E-state index >= 15 is 4.39 Å². The molecule has 37 heavy (non-hydrogen) atoms. The molecule has 5 rings (SSSR count). The number of rotatable bonds is 8. The van der Waals surface area contributed by atoms with Crippen molar-refractivity contribution in [2.75, 3.05) is 62.4 Å². The number of halogens is 1. The van der Waals surface area contributed by atoms with E-state index in [1.807, 2.05) is 11.8 Å². The summed E-state index contributed by atoms with van der Waals surface area (Å²) in [5, 5.41) is 9.46. The zero-order chi connectivity index (χ0) is 26.3. The van der Waals surface area contributed by atoms with Crippen LogP contribution in [0.5, 0.6) is 0 Å². The van der Waals surface area contributed by atoms with E-state index in [-0.39, 0.29) is 34.8 Å². The number of carboxylic acid groups (broad SMARTS) is 1. The van der Waals surface area contributed by atoms with E-state index in [0.29, 0.717) is 56.3 Å². The third-order valence-electron chi connectivity index (χ3n) is 7.10. The van der Waals surface area contributed by atoms with E-state index in [9.17, 15) is 23.7 Å². The van der Waals surface area contributed by atoms with Gasteiger partial charge in [0.05, 0.1) is 30.2 Å². The zero-order valence-corrected chi connectivity index (χ0v) is 21.4. The largest absolute Gasteiger partial charge is 0.477 e. The Balaban J connectivity index is 1.22. The van der Waals surface area contributed by atoms with Gasteiger partial charge in [-0.1, -0.05) is 6.92 Å². The lowest BCUT2D eigenvalue weighted by Gasteiger charge is -2.37. The van der Waals surface area contributed by atoms with Gasteiger partial charge in [-0.3, -0.25) is 9.00 Å². The predicted molar refractivity (Wildman–Crippen MR) is 135 cm³/mol. The second kappa shape index (κ2) is 10.1. The normalized spacial score (nSPS) is 19.9. The van der Waals surface area contributed by atoms with Gasteiger partial charge in [-0.25, -0.2) is 14.0 Å². The number of hydrogen-bond acceptors (Lipinski definition) is 7. The molecule has 200 valence electrons. The number of aromatic nitrogens is 1. The number of hydrogen-bond donors (Lipinski definition) is 1. The number of piperazine rings is 1. The Morgan fingerprint density at radius 3 is 2.51 bits per heavy atom. The van der Waals surface area contributed by atoms with Crippen molar-refractivity contribution in [3.63, 3.8) is 0 Å². The molecule has 1 aliphatic carbocycles. The van der Waals surface area contributed by atoms with E-state index in [1.165, 1.54) is 6.20 Å². The fourth-order valence-corrected chi connectivity index (χ4v) is 6.20. The first-order chi connectivity index (χ1) is 17.6. The molecule has 1 saturated carbocycles. The van der Waals surface area contributed by atoms with Crippen LogP contribution in [-0.4, -0.2) is 88.4 Å². The Labute approximate surface area is 215 Å². The summed E-state index contributed by atoms with van der Waals surface area (Å²) in [6, 6.07) is 2.81. The second-order valence-electron chi connectivity index (χ2n) is 10.3. The predicted octanol–water partition coefficient (Wildman–Crippen LogP) is 2.22. The first-order valence-electron chi connectivity index (χ1n) is 12.4. The Bertz CT molecular complexity index is 1310. The maximum absolute atomic E-state index is 15.1. The number of pyridine rings is 1. The van der Waals surface area contributed by atoms with Gasteiger partial charge >= 0.3 is 12.1 Å². The summed E-state index contributed by atoms with van der Waals surface area (Å²) in [5.41, 5.74) is -0.316. The summed E-state index contributed by atoms with van der Waals surface area (Å²) in [7, 11) is -1.09. The molecule has 3 fully saturated rings. The molecule has 0 bridgehead atoms. The maximum atomic E-state index is 15.1. The number of anilines is 1. The van der Waals surface area contributed by atoms with Crippen molar-refractivity contribution in [2.24, 2.45) is 5.41 Å². The third-order valence-corrected chi connectivity index (χ3v) is 8.74.